The molecule has 0 bridgehead atoms. The molecular formula is C24H21F2N5OS2. The first-order chi connectivity index (χ1) is 16.5. The molecule has 0 unspecified atom stereocenters. The molecule has 2 heterocycles. The Morgan fingerprint density at radius 3 is 2.35 bits per heavy atom. The van der Waals surface area contributed by atoms with Crippen molar-refractivity contribution in [3.63, 3.8) is 0 Å². The number of halogens is 2. The number of carbonyl (C=O) groups is 1. The molecule has 174 valence electrons. The standard InChI is InChI=1S/C24H21F2N5OS2/c1-2-16-3-7-19(8-4-16)31-22(17-11-13-27-14-12-17)29-30-24(31)33-15-21(32)28-18-5-9-20(10-6-18)34-23(25)26/h3-14,23H,2,15H2,1H3,(H,28,32). The van der Waals surface area contributed by atoms with Gasteiger partial charge in [0.05, 0.1) is 5.75 Å². The Kier molecular flexibility index (Phi) is 7.91. The van der Waals surface area contributed by atoms with Gasteiger partial charge in [-0.15, -0.1) is 10.2 Å². The molecule has 2 aromatic carbocycles. The summed E-state index contributed by atoms with van der Waals surface area (Å²) in [6.45, 7) is 2.10. The highest BCUT2D eigenvalue weighted by molar-refractivity contribution is 8.00. The number of nitrogens with one attached hydrogen (secondary N) is 1. The number of hydrogen-bond acceptors (Lipinski definition) is 6. The van der Waals surface area contributed by atoms with Crippen LogP contribution in [-0.4, -0.2) is 37.2 Å². The van der Waals surface area contributed by atoms with Gasteiger partial charge in [0.25, 0.3) is 5.76 Å². The van der Waals surface area contributed by atoms with Gasteiger partial charge >= 0.3 is 0 Å². The Bertz CT molecular complexity index is 1230. The summed E-state index contributed by atoms with van der Waals surface area (Å²) in [5.74, 6) is -1.96. The van der Waals surface area contributed by atoms with E-state index in [1.807, 2.05) is 28.8 Å². The molecule has 0 aliphatic carbocycles. The number of thioether (sulfide) groups is 2. The minimum absolute atomic E-state index is 0.106. The van der Waals surface area contributed by atoms with E-state index in [2.05, 4.69) is 39.6 Å². The molecule has 0 aliphatic heterocycles. The molecule has 34 heavy (non-hydrogen) atoms. The molecule has 0 aliphatic rings. The fourth-order valence-electron chi connectivity index (χ4n) is 3.21. The zero-order valence-electron chi connectivity index (χ0n) is 18.2. The molecule has 0 fully saturated rings. The van der Waals surface area contributed by atoms with Crippen LogP contribution in [0, 0.1) is 0 Å². The van der Waals surface area contributed by atoms with Gasteiger partial charge < -0.3 is 5.32 Å². The molecule has 10 heteroatoms. The first-order valence-electron chi connectivity index (χ1n) is 10.5. The Morgan fingerprint density at radius 2 is 1.71 bits per heavy atom. The van der Waals surface area contributed by atoms with Crippen molar-refractivity contribution in [3.05, 3.63) is 78.6 Å². The number of rotatable bonds is 9. The number of carbonyl (C=O) groups excluding carboxylic acids is 1. The minimum Gasteiger partial charge on any atom is -0.325 e. The monoisotopic (exact) mass is 497 g/mol. The average molecular weight is 498 g/mol. The Morgan fingerprint density at radius 1 is 1.00 bits per heavy atom. The molecule has 0 saturated carbocycles. The van der Waals surface area contributed by atoms with Crippen LogP contribution in [-0.2, 0) is 11.2 Å². The number of benzene rings is 2. The summed E-state index contributed by atoms with van der Waals surface area (Å²) in [4.78, 5) is 17.0. The van der Waals surface area contributed by atoms with E-state index in [-0.39, 0.29) is 11.7 Å². The Hall–Kier alpha value is -3.24. The molecule has 4 aromatic rings. The summed E-state index contributed by atoms with van der Waals surface area (Å²) in [5.41, 5.74) is 3.51. The van der Waals surface area contributed by atoms with Crippen LogP contribution in [0.25, 0.3) is 17.1 Å². The lowest BCUT2D eigenvalue weighted by Crippen LogP contribution is -2.14. The van der Waals surface area contributed by atoms with Crippen LogP contribution in [0.3, 0.4) is 0 Å². The fourth-order valence-corrected chi connectivity index (χ4v) is 4.46. The van der Waals surface area contributed by atoms with Gasteiger partial charge in [-0.1, -0.05) is 42.6 Å². The highest BCUT2D eigenvalue weighted by Gasteiger charge is 2.17. The van der Waals surface area contributed by atoms with Gasteiger partial charge in [-0.3, -0.25) is 14.3 Å². The maximum absolute atomic E-state index is 12.5. The van der Waals surface area contributed by atoms with Gasteiger partial charge in [0.2, 0.25) is 5.91 Å². The average Bonchev–Trinajstić information content (AvgIpc) is 3.28. The summed E-state index contributed by atoms with van der Waals surface area (Å²) in [7, 11) is 0. The predicted molar refractivity (Wildman–Crippen MR) is 132 cm³/mol. The van der Waals surface area contributed by atoms with Crippen molar-refractivity contribution in [2.24, 2.45) is 0 Å². The van der Waals surface area contributed by atoms with E-state index in [1.165, 1.54) is 17.3 Å². The number of aromatic nitrogens is 4. The van der Waals surface area contributed by atoms with Crippen LogP contribution in [0.4, 0.5) is 14.5 Å². The molecule has 0 radical (unpaired) electrons. The van der Waals surface area contributed by atoms with Gasteiger partial charge in [-0.2, -0.15) is 8.78 Å². The number of amides is 1. The lowest BCUT2D eigenvalue weighted by atomic mass is 10.1. The summed E-state index contributed by atoms with van der Waals surface area (Å²) in [6.07, 6.45) is 4.32. The van der Waals surface area contributed by atoms with Gasteiger partial charge in [0.15, 0.2) is 11.0 Å². The topological polar surface area (TPSA) is 72.7 Å². The number of anilines is 1. The molecule has 0 spiro atoms. The van der Waals surface area contributed by atoms with E-state index in [4.69, 9.17) is 0 Å². The number of pyridine rings is 1. The summed E-state index contributed by atoms with van der Waals surface area (Å²) < 4.78 is 26.9. The third kappa shape index (κ3) is 6.00. The fraction of sp³-hybridized carbons (Fsp3) is 0.167. The van der Waals surface area contributed by atoms with Crippen LogP contribution >= 0.6 is 23.5 Å². The molecule has 4 rings (SSSR count). The summed E-state index contributed by atoms with van der Waals surface area (Å²) in [6, 6.07) is 18.2. The maximum atomic E-state index is 12.5. The molecule has 6 nitrogen and oxygen atoms in total. The van der Waals surface area contributed by atoms with Crippen molar-refractivity contribution in [1.29, 1.82) is 0 Å². The van der Waals surface area contributed by atoms with Crippen LogP contribution in [0.5, 0.6) is 0 Å². The van der Waals surface area contributed by atoms with Crippen LogP contribution in [0.15, 0.2) is 83.1 Å². The van der Waals surface area contributed by atoms with Gasteiger partial charge in [0, 0.05) is 34.2 Å². The van der Waals surface area contributed by atoms with E-state index in [0.717, 1.165) is 17.7 Å². The number of alkyl halides is 2. The highest BCUT2D eigenvalue weighted by atomic mass is 32.2. The van der Waals surface area contributed by atoms with Crippen molar-refractivity contribution in [2.75, 3.05) is 11.1 Å². The summed E-state index contributed by atoms with van der Waals surface area (Å²) >= 11 is 1.73. The lowest BCUT2D eigenvalue weighted by molar-refractivity contribution is -0.113. The zero-order chi connectivity index (χ0) is 23.9. The van der Waals surface area contributed by atoms with Crippen LogP contribution in [0.1, 0.15) is 12.5 Å². The maximum Gasteiger partial charge on any atom is 0.288 e. The van der Waals surface area contributed by atoms with E-state index >= 15 is 0 Å². The van der Waals surface area contributed by atoms with Crippen LogP contribution in [0.2, 0.25) is 0 Å². The number of aryl methyl sites for hydroxylation is 1. The van der Waals surface area contributed by atoms with E-state index in [9.17, 15) is 13.6 Å². The Labute approximate surface area is 204 Å². The largest absolute Gasteiger partial charge is 0.325 e. The molecule has 0 saturated heterocycles. The zero-order valence-corrected chi connectivity index (χ0v) is 19.8. The second kappa shape index (κ2) is 11.3. The second-order valence-corrected chi connectivity index (χ2v) is 9.14. The molecule has 1 N–H and O–H groups in total. The predicted octanol–water partition coefficient (Wildman–Crippen LogP) is 5.94. The van der Waals surface area contributed by atoms with E-state index < -0.39 is 5.76 Å². The highest BCUT2D eigenvalue weighted by Crippen LogP contribution is 2.29. The first kappa shape index (κ1) is 23.9. The third-order valence-electron chi connectivity index (χ3n) is 4.87. The summed E-state index contributed by atoms with van der Waals surface area (Å²) in [5, 5.41) is 12.1. The molecule has 0 atom stereocenters. The van der Waals surface area contributed by atoms with Crippen molar-refractivity contribution in [2.45, 2.75) is 29.2 Å². The van der Waals surface area contributed by atoms with Crippen molar-refractivity contribution < 1.29 is 13.6 Å². The molecule has 1 amide bonds. The van der Waals surface area contributed by atoms with Gasteiger partial charge in [-0.05, 0) is 60.5 Å². The van der Waals surface area contributed by atoms with Crippen molar-refractivity contribution in [1.82, 2.24) is 19.7 Å². The van der Waals surface area contributed by atoms with Crippen LogP contribution < -0.4 is 5.32 Å². The minimum atomic E-state index is -2.48. The lowest BCUT2D eigenvalue weighted by Gasteiger charge is -2.11. The van der Waals surface area contributed by atoms with E-state index in [0.29, 0.717) is 33.3 Å². The first-order valence-corrected chi connectivity index (χ1v) is 12.3. The molecule has 2 aromatic heterocycles. The smallest absolute Gasteiger partial charge is 0.288 e. The SMILES string of the molecule is CCc1ccc(-n2c(SCC(=O)Nc3ccc(SC(F)F)cc3)nnc2-c2ccncc2)cc1. The van der Waals surface area contributed by atoms with Crippen molar-refractivity contribution >= 4 is 35.1 Å². The van der Waals surface area contributed by atoms with Gasteiger partial charge in [0.1, 0.15) is 0 Å². The molecular weight excluding hydrogens is 476 g/mol. The quantitative estimate of drug-likeness (QED) is 0.289. The van der Waals surface area contributed by atoms with Gasteiger partial charge in [-0.25, -0.2) is 0 Å². The normalized spacial score (nSPS) is 11.1. The van der Waals surface area contributed by atoms with Crippen molar-refractivity contribution in [3.8, 4) is 17.1 Å². The second-order valence-electron chi connectivity index (χ2n) is 7.14. The third-order valence-corrected chi connectivity index (χ3v) is 6.52. The number of nitrogens with zero attached hydrogens (tertiary/aromatic N) is 4. The Balaban J connectivity index is 1.51. The van der Waals surface area contributed by atoms with E-state index in [1.54, 1.807) is 36.7 Å². The number of hydrogen-bond donors (Lipinski definition) is 1.